The summed E-state index contributed by atoms with van der Waals surface area (Å²) in [6, 6.07) is 19.2. The molecule has 7 heteroatoms. The highest BCUT2D eigenvalue weighted by Gasteiger charge is 2.15. The molecule has 3 rings (SSSR count). The van der Waals surface area contributed by atoms with E-state index in [1.54, 1.807) is 6.92 Å². The van der Waals surface area contributed by atoms with Crippen LogP contribution in [0.1, 0.15) is 6.92 Å². The summed E-state index contributed by atoms with van der Waals surface area (Å²) in [4.78, 5) is 12.2. The smallest absolute Gasteiger partial charge is 0.279 e. The molecule has 0 unspecified atom stereocenters. The summed E-state index contributed by atoms with van der Waals surface area (Å²) >= 11 is 5.08. The molecule has 0 bridgehead atoms. The van der Waals surface area contributed by atoms with Gasteiger partial charge in [0.05, 0.1) is 0 Å². The highest BCUT2D eigenvalue weighted by atomic mass is 32.1. The Morgan fingerprint density at radius 1 is 1.00 bits per heavy atom. The minimum absolute atomic E-state index is 0.174. The molecule has 3 aromatic carbocycles. The predicted octanol–water partition coefficient (Wildman–Crippen LogP) is 3.76. The van der Waals surface area contributed by atoms with Crippen molar-refractivity contribution >= 4 is 39.7 Å². The molecule has 0 aliphatic heterocycles. The highest BCUT2D eigenvalue weighted by Crippen LogP contribution is 2.21. The first-order chi connectivity index (χ1) is 13.0. The molecule has 0 aliphatic carbocycles. The third kappa shape index (κ3) is 5.15. The van der Waals surface area contributed by atoms with E-state index in [1.165, 1.54) is 24.3 Å². The molecule has 0 saturated carbocycles. The molecule has 138 valence electrons. The Bertz CT molecular complexity index is 963. The number of benzene rings is 3. The van der Waals surface area contributed by atoms with Gasteiger partial charge in [0.2, 0.25) is 0 Å². The molecule has 0 saturated heterocycles. The Morgan fingerprint density at radius 3 is 2.44 bits per heavy atom. The van der Waals surface area contributed by atoms with E-state index in [2.05, 4.69) is 16.2 Å². The molecule has 3 aromatic rings. The van der Waals surface area contributed by atoms with Gasteiger partial charge in [-0.3, -0.25) is 15.6 Å². The van der Waals surface area contributed by atoms with Crippen molar-refractivity contribution in [3.05, 3.63) is 72.5 Å². The Kier molecular flexibility index (Phi) is 5.83. The van der Waals surface area contributed by atoms with E-state index < -0.39 is 6.10 Å². The summed E-state index contributed by atoms with van der Waals surface area (Å²) in [5, 5.41) is 5.14. The average molecular weight is 383 g/mol. The van der Waals surface area contributed by atoms with Gasteiger partial charge in [-0.25, -0.2) is 4.39 Å². The molecule has 0 fully saturated rings. The highest BCUT2D eigenvalue weighted by molar-refractivity contribution is 7.80. The lowest BCUT2D eigenvalue weighted by Gasteiger charge is -2.17. The minimum Gasteiger partial charge on any atom is -0.481 e. The number of carbonyl (C=O) groups excluding carboxylic acids is 1. The summed E-state index contributed by atoms with van der Waals surface area (Å²) in [6.45, 7) is 1.64. The zero-order valence-electron chi connectivity index (χ0n) is 14.5. The van der Waals surface area contributed by atoms with Crippen molar-refractivity contribution in [2.75, 3.05) is 5.32 Å². The Hall–Kier alpha value is -3.19. The molecule has 0 radical (unpaired) electrons. The van der Waals surface area contributed by atoms with Crippen LogP contribution in [0.15, 0.2) is 66.7 Å². The quantitative estimate of drug-likeness (QED) is 0.473. The molecule has 3 N–H and O–H groups in total. The number of hydrazine groups is 1. The summed E-state index contributed by atoms with van der Waals surface area (Å²) < 4.78 is 18.6. The number of fused-ring (bicyclic) bond motifs is 1. The SMILES string of the molecule is C[C@@H](Oc1ccc2ccccc2c1)C(=O)NNC(=S)Nc1ccc(F)cc1. The van der Waals surface area contributed by atoms with E-state index >= 15 is 0 Å². The van der Waals surface area contributed by atoms with E-state index in [9.17, 15) is 9.18 Å². The molecule has 1 atom stereocenters. The lowest BCUT2D eigenvalue weighted by Crippen LogP contribution is -2.48. The van der Waals surface area contributed by atoms with Gasteiger partial charge in [-0.2, -0.15) is 0 Å². The van der Waals surface area contributed by atoms with Gasteiger partial charge in [0.1, 0.15) is 11.6 Å². The van der Waals surface area contributed by atoms with Gasteiger partial charge >= 0.3 is 0 Å². The zero-order chi connectivity index (χ0) is 19.2. The molecule has 0 spiro atoms. The van der Waals surface area contributed by atoms with E-state index in [1.807, 2.05) is 42.5 Å². The number of amides is 1. The fourth-order valence-electron chi connectivity index (χ4n) is 2.41. The number of nitrogens with one attached hydrogen (secondary N) is 3. The van der Waals surface area contributed by atoms with E-state index in [0.717, 1.165) is 10.8 Å². The molecule has 0 aliphatic rings. The van der Waals surface area contributed by atoms with Crippen molar-refractivity contribution < 1.29 is 13.9 Å². The van der Waals surface area contributed by atoms with Crippen LogP contribution >= 0.6 is 12.2 Å². The number of rotatable bonds is 4. The van der Waals surface area contributed by atoms with E-state index in [0.29, 0.717) is 11.4 Å². The molecule has 1 amide bonds. The van der Waals surface area contributed by atoms with Crippen LogP contribution in [0.3, 0.4) is 0 Å². The second-order valence-electron chi connectivity index (χ2n) is 5.84. The van der Waals surface area contributed by atoms with Crippen LogP contribution in [0.2, 0.25) is 0 Å². The number of halogens is 1. The van der Waals surface area contributed by atoms with Gasteiger partial charge < -0.3 is 10.1 Å². The van der Waals surface area contributed by atoms with Crippen molar-refractivity contribution in [3.63, 3.8) is 0 Å². The first-order valence-electron chi connectivity index (χ1n) is 8.29. The van der Waals surface area contributed by atoms with E-state index in [4.69, 9.17) is 17.0 Å². The zero-order valence-corrected chi connectivity index (χ0v) is 15.3. The summed E-state index contributed by atoms with van der Waals surface area (Å²) in [5.74, 6) is -0.123. The number of hydrogen-bond donors (Lipinski definition) is 3. The van der Waals surface area contributed by atoms with Gasteiger partial charge in [-0.15, -0.1) is 0 Å². The monoisotopic (exact) mass is 383 g/mol. The third-order valence-electron chi connectivity index (χ3n) is 3.80. The van der Waals surface area contributed by atoms with Crippen LogP contribution in [0.4, 0.5) is 10.1 Å². The topological polar surface area (TPSA) is 62.4 Å². The number of ether oxygens (including phenoxy) is 1. The number of carbonyl (C=O) groups is 1. The van der Waals surface area contributed by atoms with Gasteiger partial charge in [-0.05, 0) is 66.3 Å². The van der Waals surface area contributed by atoms with Gasteiger partial charge in [0.25, 0.3) is 5.91 Å². The number of hydrogen-bond acceptors (Lipinski definition) is 3. The first-order valence-corrected chi connectivity index (χ1v) is 8.70. The maximum atomic E-state index is 12.9. The van der Waals surface area contributed by atoms with Crippen molar-refractivity contribution in [1.29, 1.82) is 0 Å². The van der Waals surface area contributed by atoms with Crippen molar-refractivity contribution in [2.24, 2.45) is 0 Å². The van der Waals surface area contributed by atoms with Crippen LogP contribution in [0.25, 0.3) is 10.8 Å². The molecule has 5 nitrogen and oxygen atoms in total. The van der Waals surface area contributed by atoms with Gasteiger partial charge in [0, 0.05) is 5.69 Å². The normalized spacial score (nSPS) is 11.5. The van der Waals surface area contributed by atoms with Crippen LogP contribution in [0, 0.1) is 5.82 Å². The van der Waals surface area contributed by atoms with Crippen LogP contribution < -0.4 is 20.9 Å². The van der Waals surface area contributed by atoms with Crippen LogP contribution in [0.5, 0.6) is 5.75 Å². The number of anilines is 1. The molecule has 27 heavy (non-hydrogen) atoms. The lowest BCUT2D eigenvalue weighted by molar-refractivity contribution is -0.127. The van der Waals surface area contributed by atoms with Crippen molar-refractivity contribution in [1.82, 2.24) is 10.9 Å². The Balaban J connectivity index is 1.50. The summed E-state index contributed by atoms with van der Waals surface area (Å²) in [7, 11) is 0. The maximum absolute atomic E-state index is 12.9. The predicted molar refractivity (Wildman–Crippen MR) is 108 cm³/mol. The standard InChI is InChI=1S/C20H18FN3O2S/c1-13(26-18-11-6-14-4-2-3-5-15(14)12-18)19(25)23-24-20(27)22-17-9-7-16(21)8-10-17/h2-13H,1H3,(H,23,25)(H2,22,24,27)/t13-/m1/s1. The van der Waals surface area contributed by atoms with Gasteiger partial charge in [0.15, 0.2) is 11.2 Å². The first kappa shape index (κ1) is 18.6. The summed E-state index contributed by atoms with van der Waals surface area (Å²) in [6.07, 6.45) is -0.729. The molecule has 0 heterocycles. The Labute approximate surface area is 161 Å². The fourth-order valence-corrected chi connectivity index (χ4v) is 2.58. The van der Waals surface area contributed by atoms with Crippen molar-refractivity contribution in [3.8, 4) is 5.75 Å². The molecular weight excluding hydrogens is 365 g/mol. The van der Waals surface area contributed by atoms with Crippen molar-refractivity contribution in [2.45, 2.75) is 13.0 Å². The molecule has 0 aromatic heterocycles. The molecular formula is C20H18FN3O2S. The average Bonchev–Trinajstić information content (AvgIpc) is 2.67. The number of thiocarbonyl (C=S) groups is 1. The lowest BCUT2D eigenvalue weighted by atomic mass is 10.1. The largest absolute Gasteiger partial charge is 0.481 e. The van der Waals surface area contributed by atoms with Crippen LogP contribution in [-0.2, 0) is 4.79 Å². The van der Waals surface area contributed by atoms with Gasteiger partial charge in [-0.1, -0.05) is 30.3 Å². The third-order valence-corrected chi connectivity index (χ3v) is 4.01. The Morgan fingerprint density at radius 2 is 1.70 bits per heavy atom. The fraction of sp³-hybridized carbons (Fsp3) is 0.100. The maximum Gasteiger partial charge on any atom is 0.279 e. The minimum atomic E-state index is -0.729. The van der Waals surface area contributed by atoms with Crippen LogP contribution in [-0.4, -0.2) is 17.1 Å². The van der Waals surface area contributed by atoms with E-state index in [-0.39, 0.29) is 16.8 Å². The second kappa shape index (κ2) is 8.46. The second-order valence-corrected chi connectivity index (χ2v) is 6.25. The summed E-state index contributed by atoms with van der Waals surface area (Å²) in [5.41, 5.74) is 5.67.